The largest absolute Gasteiger partial charge is 0.381 e. The summed E-state index contributed by atoms with van der Waals surface area (Å²) in [5.41, 5.74) is 2.29. The molecule has 1 aliphatic rings. The van der Waals surface area contributed by atoms with Gasteiger partial charge in [-0.3, -0.25) is 0 Å². The van der Waals surface area contributed by atoms with Gasteiger partial charge in [-0.15, -0.1) is 0 Å². The zero-order valence-electron chi connectivity index (χ0n) is 11.4. The molecule has 1 aromatic rings. The lowest BCUT2D eigenvalue weighted by Crippen LogP contribution is -2.39. The lowest BCUT2D eigenvalue weighted by molar-refractivity contribution is 0.219. The van der Waals surface area contributed by atoms with Crippen LogP contribution >= 0.6 is 11.6 Å². The van der Waals surface area contributed by atoms with Crippen LogP contribution in [0.25, 0.3) is 0 Å². The lowest BCUT2D eigenvalue weighted by Gasteiger charge is -2.32. The Morgan fingerprint density at radius 3 is 2.67 bits per heavy atom. The monoisotopic (exact) mass is 266 g/mol. The number of anilines is 1. The van der Waals surface area contributed by atoms with Gasteiger partial charge in [0.2, 0.25) is 0 Å². The molecule has 2 nitrogen and oxygen atoms in total. The van der Waals surface area contributed by atoms with Crippen molar-refractivity contribution in [3.05, 3.63) is 28.8 Å². The third kappa shape index (κ3) is 3.63. The van der Waals surface area contributed by atoms with Gasteiger partial charge >= 0.3 is 0 Å². The average Bonchev–Trinajstić information content (AvgIpc) is 2.35. The first kappa shape index (κ1) is 13.7. The second kappa shape index (κ2) is 6.44. The highest BCUT2D eigenvalue weighted by Crippen LogP contribution is 2.25. The molecule has 1 heterocycles. The van der Waals surface area contributed by atoms with Crippen molar-refractivity contribution in [1.82, 2.24) is 4.90 Å². The molecule has 1 aliphatic heterocycles. The minimum Gasteiger partial charge on any atom is -0.381 e. The fourth-order valence-electron chi connectivity index (χ4n) is 2.57. The van der Waals surface area contributed by atoms with Gasteiger partial charge in [-0.1, -0.05) is 24.6 Å². The second-order valence-electron chi connectivity index (χ2n) is 5.24. The van der Waals surface area contributed by atoms with Crippen molar-refractivity contribution in [2.75, 3.05) is 25.0 Å². The van der Waals surface area contributed by atoms with E-state index in [1.54, 1.807) is 0 Å². The first-order chi connectivity index (χ1) is 8.69. The van der Waals surface area contributed by atoms with Gasteiger partial charge < -0.3 is 10.2 Å². The average molecular weight is 267 g/mol. The summed E-state index contributed by atoms with van der Waals surface area (Å²) in [5, 5.41) is 4.42. The highest BCUT2D eigenvalue weighted by Gasteiger charge is 2.18. The number of halogens is 1. The molecule has 0 unspecified atom stereocenters. The Balaban J connectivity index is 1.87. The van der Waals surface area contributed by atoms with Crippen molar-refractivity contribution < 1.29 is 0 Å². The molecule has 0 atom stereocenters. The lowest BCUT2D eigenvalue weighted by atomic mass is 10.0. The number of aryl methyl sites for hydroxylation is 1. The molecule has 3 heteroatoms. The summed E-state index contributed by atoms with van der Waals surface area (Å²) < 4.78 is 0. The molecule has 0 spiro atoms. The molecule has 18 heavy (non-hydrogen) atoms. The fraction of sp³-hybridized carbons (Fsp3) is 0.600. The molecule has 0 aromatic heterocycles. The van der Waals surface area contributed by atoms with Gasteiger partial charge in [-0.05, 0) is 50.4 Å². The summed E-state index contributed by atoms with van der Waals surface area (Å²) in [4.78, 5) is 2.55. The van der Waals surface area contributed by atoms with E-state index in [1.807, 2.05) is 6.07 Å². The third-order valence-electron chi connectivity index (χ3n) is 3.61. The van der Waals surface area contributed by atoms with E-state index in [9.17, 15) is 0 Å². The molecule has 2 rings (SSSR count). The van der Waals surface area contributed by atoms with Crippen LogP contribution < -0.4 is 5.32 Å². The van der Waals surface area contributed by atoms with E-state index in [-0.39, 0.29) is 0 Å². The minimum atomic E-state index is 0.568. The van der Waals surface area contributed by atoms with Gasteiger partial charge in [-0.25, -0.2) is 0 Å². The highest BCUT2D eigenvalue weighted by molar-refractivity contribution is 6.33. The Morgan fingerprint density at radius 1 is 1.33 bits per heavy atom. The third-order valence-corrected chi connectivity index (χ3v) is 3.92. The smallest absolute Gasteiger partial charge is 0.0640 e. The van der Waals surface area contributed by atoms with Crippen LogP contribution in [-0.2, 0) is 0 Å². The first-order valence-electron chi connectivity index (χ1n) is 6.94. The molecule has 0 aliphatic carbocycles. The van der Waals surface area contributed by atoms with Crippen LogP contribution in [0.5, 0.6) is 0 Å². The van der Waals surface area contributed by atoms with Crippen molar-refractivity contribution in [1.29, 1.82) is 0 Å². The maximum Gasteiger partial charge on any atom is 0.0640 e. The normalized spacial score (nSPS) is 17.9. The van der Waals surface area contributed by atoms with Crippen LogP contribution in [0.3, 0.4) is 0 Å². The van der Waals surface area contributed by atoms with E-state index >= 15 is 0 Å². The van der Waals surface area contributed by atoms with Gasteiger partial charge in [0.05, 0.1) is 10.7 Å². The summed E-state index contributed by atoms with van der Waals surface area (Å²) in [7, 11) is 0. The number of hydrogen-bond acceptors (Lipinski definition) is 2. The molecule has 1 fully saturated rings. The summed E-state index contributed by atoms with van der Waals surface area (Å²) in [5.74, 6) is 0. The predicted octanol–water partition coefficient (Wildman–Crippen LogP) is 3.93. The molecule has 0 amide bonds. The molecule has 1 N–H and O–H groups in total. The summed E-state index contributed by atoms with van der Waals surface area (Å²) in [6.07, 6.45) is 3.68. The topological polar surface area (TPSA) is 15.3 Å². The molecule has 0 bridgehead atoms. The van der Waals surface area contributed by atoms with Gasteiger partial charge in [0.15, 0.2) is 0 Å². The Labute approximate surface area is 115 Å². The number of piperidine rings is 1. The van der Waals surface area contributed by atoms with Gasteiger partial charge in [-0.2, -0.15) is 0 Å². The maximum atomic E-state index is 6.25. The molecule has 1 aromatic carbocycles. The highest BCUT2D eigenvalue weighted by atomic mass is 35.5. The van der Waals surface area contributed by atoms with E-state index in [4.69, 9.17) is 11.6 Å². The van der Waals surface area contributed by atoms with E-state index < -0.39 is 0 Å². The number of likely N-dealkylation sites (tertiary alicyclic amines) is 1. The number of hydrogen-bond donors (Lipinski definition) is 1. The molecular weight excluding hydrogens is 244 g/mol. The van der Waals surface area contributed by atoms with Crippen LogP contribution in [0.4, 0.5) is 5.69 Å². The standard InChI is InChI=1S/C15H23ClN2/c1-3-8-18-9-6-13(7-10-18)17-15-5-4-12(2)11-14(15)16/h4-5,11,13,17H,3,6-10H2,1-2H3. The summed E-state index contributed by atoms with van der Waals surface area (Å²) in [6, 6.07) is 6.80. The van der Waals surface area contributed by atoms with Crippen molar-refractivity contribution in [2.45, 2.75) is 39.2 Å². The molecular formula is C15H23ClN2. The van der Waals surface area contributed by atoms with E-state index in [1.165, 1.54) is 44.5 Å². The van der Waals surface area contributed by atoms with Crippen molar-refractivity contribution in [2.24, 2.45) is 0 Å². The number of benzene rings is 1. The summed E-state index contributed by atoms with van der Waals surface area (Å²) in [6.45, 7) is 7.96. The zero-order chi connectivity index (χ0) is 13.0. The van der Waals surface area contributed by atoms with Crippen LogP contribution in [-0.4, -0.2) is 30.6 Å². The Hall–Kier alpha value is -0.730. The molecule has 1 saturated heterocycles. The molecule has 0 radical (unpaired) electrons. The minimum absolute atomic E-state index is 0.568. The number of nitrogens with zero attached hydrogens (tertiary/aromatic N) is 1. The van der Waals surface area contributed by atoms with Crippen molar-refractivity contribution in [3.8, 4) is 0 Å². The first-order valence-corrected chi connectivity index (χ1v) is 7.32. The van der Waals surface area contributed by atoms with Crippen molar-refractivity contribution >= 4 is 17.3 Å². The zero-order valence-corrected chi connectivity index (χ0v) is 12.1. The van der Waals surface area contributed by atoms with Gasteiger partial charge in [0.25, 0.3) is 0 Å². The second-order valence-corrected chi connectivity index (χ2v) is 5.65. The van der Waals surface area contributed by atoms with Crippen LogP contribution in [0.15, 0.2) is 18.2 Å². The van der Waals surface area contributed by atoms with E-state index in [0.29, 0.717) is 6.04 Å². The van der Waals surface area contributed by atoms with Crippen LogP contribution in [0.2, 0.25) is 5.02 Å². The van der Waals surface area contributed by atoms with Crippen molar-refractivity contribution in [3.63, 3.8) is 0 Å². The van der Waals surface area contributed by atoms with Gasteiger partial charge in [0.1, 0.15) is 0 Å². The Kier molecular flexibility index (Phi) is 4.90. The molecule has 0 saturated carbocycles. The van der Waals surface area contributed by atoms with E-state index in [0.717, 1.165) is 10.7 Å². The van der Waals surface area contributed by atoms with Gasteiger partial charge in [0, 0.05) is 19.1 Å². The maximum absolute atomic E-state index is 6.25. The van der Waals surface area contributed by atoms with Crippen LogP contribution in [0, 0.1) is 6.92 Å². The molecule has 100 valence electrons. The van der Waals surface area contributed by atoms with Crippen LogP contribution in [0.1, 0.15) is 31.7 Å². The van der Waals surface area contributed by atoms with E-state index in [2.05, 4.69) is 36.2 Å². The quantitative estimate of drug-likeness (QED) is 0.888. The number of nitrogens with one attached hydrogen (secondary N) is 1. The summed E-state index contributed by atoms with van der Waals surface area (Å²) >= 11 is 6.25. The number of rotatable bonds is 4. The Bertz CT molecular complexity index is 384. The predicted molar refractivity (Wildman–Crippen MR) is 79.6 cm³/mol. The Morgan fingerprint density at radius 2 is 2.06 bits per heavy atom. The SMILES string of the molecule is CCCN1CCC(Nc2ccc(C)cc2Cl)CC1. The fourth-order valence-corrected chi connectivity index (χ4v) is 2.86.